The number of carbonyl (C=O) groups is 2. The molecular weight excluding hydrogens is 254 g/mol. The predicted molar refractivity (Wildman–Crippen MR) is 74.5 cm³/mol. The van der Waals surface area contributed by atoms with Crippen molar-refractivity contribution < 1.29 is 14.7 Å². The topological polar surface area (TPSA) is 66.4 Å². The molecule has 2 amide bonds. The molecule has 4 nitrogen and oxygen atoms in total. The number of phenolic OH excluding ortho intramolecular Hbond substituents is 1. The van der Waals surface area contributed by atoms with E-state index in [1.165, 1.54) is 6.07 Å². The van der Waals surface area contributed by atoms with Gasteiger partial charge in [0, 0.05) is 5.56 Å². The summed E-state index contributed by atoms with van der Waals surface area (Å²) in [6.45, 7) is 0. The van der Waals surface area contributed by atoms with Crippen molar-refractivity contribution in [2.75, 3.05) is 0 Å². The third-order valence-corrected chi connectivity index (χ3v) is 3.17. The molecule has 0 saturated heterocycles. The highest BCUT2D eigenvalue weighted by Crippen LogP contribution is 2.34. The summed E-state index contributed by atoms with van der Waals surface area (Å²) >= 11 is 0. The van der Waals surface area contributed by atoms with Crippen LogP contribution in [-0.2, 0) is 9.59 Å². The quantitative estimate of drug-likeness (QED) is 0.816. The van der Waals surface area contributed by atoms with Crippen molar-refractivity contribution in [1.82, 2.24) is 5.32 Å². The zero-order valence-corrected chi connectivity index (χ0v) is 10.5. The molecule has 1 aliphatic heterocycles. The molecule has 4 heteroatoms. The van der Waals surface area contributed by atoms with E-state index in [1.807, 2.05) is 6.07 Å². The van der Waals surface area contributed by atoms with Gasteiger partial charge in [0.1, 0.15) is 5.75 Å². The number of phenols is 1. The minimum absolute atomic E-state index is 0.0271. The summed E-state index contributed by atoms with van der Waals surface area (Å²) in [5.41, 5.74) is 1.50. The molecule has 0 saturated carbocycles. The average Bonchev–Trinajstić information content (AvgIpc) is 2.75. The zero-order chi connectivity index (χ0) is 14.1. The second-order valence-corrected chi connectivity index (χ2v) is 4.42. The van der Waals surface area contributed by atoms with Gasteiger partial charge in [-0.1, -0.05) is 48.5 Å². The maximum absolute atomic E-state index is 12.0. The van der Waals surface area contributed by atoms with Crippen LogP contribution in [0.25, 0.3) is 11.1 Å². The molecule has 0 bridgehead atoms. The number of rotatable bonds is 2. The summed E-state index contributed by atoms with van der Waals surface area (Å²) in [5.74, 6) is -0.962. The maximum atomic E-state index is 12.0. The molecule has 0 unspecified atom stereocenters. The van der Waals surface area contributed by atoms with Gasteiger partial charge in [0.25, 0.3) is 11.8 Å². The molecule has 98 valence electrons. The lowest BCUT2D eigenvalue weighted by molar-refractivity contribution is -0.122. The molecule has 0 aliphatic carbocycles. The van der Waals surface area contributed by atoms with Gasteiger partial charge < -0.3 is 5.11 Å². The fourth-order valence-electron chi connectivity index (χ4n) is 2.28. The Morgan fingerprint density at radius 3 is 2.05 bits per heavy atom. The number of hydrogen-bond acceptors (Lipinski definition) is 3. The molecule has 2 aromatic rings. The SMILES string of the molecule is O=C1NC(=O)C(c2ccccc2O)=C1c1ccccc1. The van der Waals surface area contributed by atoms with E-state index >= 15 is 0 Å². The van der Waals surface area contributed by atoms with Crippen molar-refractivity contribution in [2.24, 2.45) is 0 Å². The highest BCUT2D eigenvalue weighted by Gasteiger charge is 2.33. The van der Waals surface area contributed by atoms with Crippen LogP contribution in [0.3, 0.4) is 0 Å². The lowest BCUT2D eigenvalue weighted by atomic mass is 9.96. The van der Waals surface area contributed by atoms with E-state index < -0.39 is 11.8 Å². The number of hydrogen-bond donors (Lipinski definition) is 2. The Labute approximate surface area is 115 Å². The van der Waals surface area contributed by atoms with Gasteiger partial charge in [-0.3, -0.25) is 14.9 Å². The molecule has 0 spiro atoms. The van der Waals surface area contributed by atoms with Crippen LogP contribution in [0, 0.1) is 0 Å². The smallest absolute Gasteiger partial charge is 0.259 e. The standard InChI is InChI=1S/C16H11NO3/c18-12-9-5-4-8-11(12)14-13(15(19)17-16(14)20)10-6-2-1-3-7-10/h1-9,18H,(H,17,19,20). The van der Waals surface area contributed by atoms with Gasteiger partial charge in [-0.15, -0.1) is 0 Å². The van der Waals surface area contributed by atoms with E-state index in [0.29, 0.717) is 11.1 Å². The van der Waals surface area contributed by atoms with Gasteiger partial charge in [-0.2, -0.15) is 0 Å². The molecular formula is C16H11NO3. The molecule has 0 aromatic heterocycles. The first-order chi connectivity index (χ1) is 9.68. The Bertz CT molecular complexity index is 732. The number of carbonyl (C=O) groups excluding carboxylic acids is 2. The summed E-state index contributed by atoms with van der Waals surface area (Å²) in [6.07, 6.45) is 0. The lowest BCUT2D eigenvalue weighted by Crippen LogP contribution is -2.22. The van der Waals surface area contributed by atoms with Crippen LogP contribution in [0.2, 0.25) is 0 Å². The first-order valence-electron chi connectivity index (χ1n) is 6.12. The Morgan fingerprint density at radius 1 is 0.750 bits per heavy atom. The summed E-state index contributed by atoms with van der Waals surface area (Å²) in [5, 5.41) is 12.2. The molecule has 1 aliphatic rings. The number of aromatic hydroxyl groups is 1. The van der Waals surface area contributed by atoms with Crippen molar-refractivity contribution in [3.8, 4) is 5.75 Å². The second-order valence-electron chi connectivity index (χ2n) is 4.42. The van der Waals surface area contributed by atoms with Crippen molar-refractivity contribution in [3.05, 3.63) is 65.7 Å². The van der Waals surface area contributed by atoms with E-state index in [1.54, 1.807) is 42.5 Å². The number of benzene rings is 2. The molecule has 0 fully saturated rings. The first kappa shape index (κ1) is 12.2. The van der Waals surface area contributed by atoms with Gasteiger partial charge >= 0.3 is 0 Å². The zero-order valence-electron chi connectivity index (χ0n) is 10.5. The van der Waals surface area contributed by atoms with Gasteiger partial charge in [-0.05, 0) is 11.6 Å². The summed E-state index contributed by atoms with van der Waals surface area (Å²) in [7, 11) is 0. The molecule has 3 rings (SSSR count). The number of nitrogens with one attached hydrogen (secondary N) is 1. The normalized spacial score (nSPS) is 14.6. The van der Waals surface area contributed by atoms with Crippen LogP contribution in [0.4, 0.5) is 0 Å². The monoisotopic (exact) mass is 265 g/mol. The second kappa shape index (κ2) is 4.66. The van der Waals surface area contributed by atoms with Crippen LogP contribution >= 0.6 is 0 Å². The minimum atomic E-state index is -0.490. The summed E-state index contributed by atoms with van der Waals surface area (Å²) in [6, 6.07) is 15.4. The fraction of sp³-hybridized carbons (Fsp3) is 0. The Kier molecular flexibility index (Phi) is 2.84. The molecule has 2 N–H and O–H groups in total. The van der Waals surface area contributed by atoms with Gasteiger partial charge in [0.15, 0.2) is 0 Å². The Balaban J connectivity index is 2.28. The van der Waals surface area contributed by atoms with E-state index in [-0.39, 0.29) is 16.9 Å². The van der Waals surface area contributed by atoms with Gasteiger partial charge in [0.2, 0.25) is 0 Å². The third-order valence-electron chi connectivity index (χ3n) is 3.17. The average molecular weight is 265 g/mol. The van der Waals surface area contributed by atoms with Crippen LogP contribution in [0.1, 0.15) is 11.1 Å². The van der Waals surface area contributed by atoms with E-state index in [2.05, 4.69) is 5.32 Å². The van der Waals surface area contributed by atoms with Crippen LogP contribution in [0.15, 0.2) is 54.6 Å². The van der Waals surface area contributed by atoms with Crippen LogP contribution in [-0.4, -0.2) is 16.9 Å². The number of para-hydroxylation sites is 1. The largest absolute Gasteiger partial charge is 0.507 e. The Hall–Kier alpha value is -2.88. The molecule has 20 heavy (non-hydrogen) atoms. The van der Waals surface area contributed by atoms with Crippen LogP contribution < -0.4 is 5.32 Å². The van der Waals surface area contributed by atoms with Gasteiger partial charge in [0.05, 0.1) is 11.1 Å². The van der Waals surface area contributed by atoms with Crippen molar-refractivity contribution >= 4 is 23.0 Å². The van der Waals surface area contributed by atoms with Gasteiger partial charge in [-0.25, -0.2) is 0 Å². The van der Waals surface area contributed by atoms with E-state index in [9.17, 15) is 14.7 Å². The minimum Gasteiger partial charge on any atom is -0.507 e. The maximum Gasteiger partial charge on any atom is 0.259 e. The number of amides is 2. The van der Waals surface area contributed by atoms with E-state index in [0.717, 1.165) is 0 Å². The Morgan fingerprint density at radius 2 is 1.35 bits per heavy atom. The number of imide groups is 1. The molecule has 2 aromatic carbocycles. The highest BCUT2D eigenvalue weighted by atomic mass is 16.3. The summed E-state index contributed by atoms with van der Waals surface area (Å²) in [4.78, 5) is 24.0. The highest BCUT2D eigenvalue weighted by molar-refractivity contribution is 6.49. The fourth-order valence-corrected chi connectivity index (χ4v) is 2.28. The predicted octanol–water partition coefficient (Wildman–Crippen LogP) is 1.96. The van der Waals surface area contributed by atoms with E-state index in [4.69, 9.17) is 0 Å². The lowest BCUT2D eigenvalue weighted by Gasteiger charge is -2.06. The van der Waals surface area contributed by atoms with Crippen molar-refractivity contribution in [3.63, 3.8) is 0 Å². The van der Waals surface area contributed by atoms with Crippen molar-refractivity contribution in [1.29, 1.82) is 0 Å². The molecule has 0 atom stereocenters. The molecule has 1 heterocycles. The van der Waals surface area contributed by atoms with Crippen molar-refractivity contribution in [2.45, 2.75) is 0 Å². The van der Waals surface area contributed by atoms with Crippen LogP contribution in [0.5, 0.6) is 5.75 Å². The molecule has 0 radical (unpaired) electrons. The third kappa shape index (κ3) is 1.87. The first-order valence-corrected chi connectivity index (χ1v) is 6.12. The summed E-state index contributed by atoms with van der Waals surface area (Å²) < 4.78 is 0.